The molecule has 1 aliphatic heterocycles. The van der Waals surface area contributed by atoms with E-state index in [9.17, 15) is 22.4 Å². The summed E-state index contributed by atoms with van der Waals surface area (Å²) < 4.78 is 53.1. The van der Waals surface area contributed by atoms with Gasteiger partial charge in [-0.25, -0.2) is 4.39 Å². The Labute approximate surface area is 157 Å². The molecule has 1 N–H and O–H groups in total. The molecule has 1 amide bonds. The van der Waals surface area contributed by atoms with Crippen molar-refractivity contribution in [2.24, 2.45) is 0 Å². The highest BCUT2D eigenvalue weighted by Gasteiger charge is 2.36. The summed E-state index contributed by atoms with van der Waals surface area (Å²) in [5, 5.41) is 6.39. The van der Waals surface area contributed by atoms with Crippen molar-refractivity contribution in [3.8, 4) is 0 Å². The number of benzene rings is 2. The van der Waals surface area contributed by atoms with Crippen molar-refractivity contribution in [3.63, 3.8) is 0 Å². The summed E-state index contributed by atoms with van der Waals surface area (Å²) in [5.74, 6) is -0.993. The fourth-order valence-corrected chi connectivity index (χ4v) is 3.26. The van der Waals surface area contributed by atoms with Crippen molar-refractivity contribution >= 4 is 23.0 Å². The lowest BCUT2D eigenvalue weighted by atomic mass is 10.0. The van der Waals surface area contributed by atoms with Crippen LogP contribution >= 0.6 is 0 Å². The molecule has 2 aromatic carbocycles. The third-order valence-corrected chi connectivity index (χ3v) is 4.62. The maximum absolute atomic E-state index is 13.5. The van der Waals surface area contributed by atoms with Crippen LogP contribution in [-0.4, -0.2) is 22.8 Å². The van der Waals surface area contributed by atoms with E-state index in [1.165, 1.54) is 41.6 Å². The van der Waals surface area contributed by atoms with Crippen LogP contribution < -0.4 is 9.80 Å². The summed E-state index contributed by atoms with van der Waals surface area (Å²) in [5.41, 5.74) is 0.913. The number of aryl methyl sites for hydroxylation is 1. The summed E-state index contributed by atoms with van der Waals surface area (Å²) in [6.07, 6.45) is -1.69. The molecule has 0 saturated heterocycles. The molecule has 5 nitrogen and oxygen atoms in total. The Bertz CT molecular complexity index is 1050. The molecule has 0 radical (unpaired) electrons. The van der Waals surface area contributed by atoms with Crippen LogP contribution in [0.5, 0.6) is 0 Å². The number of aromatic nitrogens is 2. The Morgan fingerprint density at radius 3 is 2.46 bits per heavy atom. The lowest BCUT2D eigenvalue weighted by molar-refractivity contribution is -0.137. The number of H-pyrrole nitrogens is 1. The smallest absolute Gasteiger partial charge is 0.322 e. The Kier molecular flexibility index (Phi) is 4.10. The van der Waals surface area contributed by atoms with Crippen LogP contribution in [0, 0.1) is 12.7 Å². The molecule has 144 valence electrons. The van der Waals surface area contributed by atoms with E-state index in [0.717, 1.165) is 12.1 Å². The number of hydrogen-bond acceptors (Lipinski definition) is 3. The van der Waals surface area contributed by atoms with Gasteiger partial charge in [-0.15, -0.1) is 0 Å². The molecule has 0 aliphatic carbocycles. The van der Waals surface area contributed by atoms with Crippen molar-refractivity contribution in [2.45, 2.75) is 13.1 Å². The van der Waals surface area contributed by atoms with E-state index < -0.39 is 23.5 Å². The number of rotatable bonds is 2. The molecule has 0 atom stereocenters. The average Bonchev–Trinajstić information content (AvgIpc) is 3.16. The molecule has 0 bridgehead atoms. The molecule has 0 fully saturated rings. The predicted octanol–water partition coefficient (Wildman–Crippen LogP) is 4.63. The highest BCUT2D eigenvalue weighted by molar-refractivity contribution is 6.12. The van der Waals surface area contributed by atoms with Gasteiger partial charge in [0.15, 0.2) is 0 Å². The number of carbonyl (C=O) groups excluding carboxylic acids is 1. The minimum Gasteiger partial charge on any atom is -0.322 e. The molecule has 28 heavy (non-hydrogen) atoms. The van der Waals surface area contributed by atoms with Crippen molar-refractivity contribution in [1.82, 2.24) is 10.2 Å². The second-order valence-electron chi connectivity index (χ2n) is 6.42. The third kappa shape index (κ3) is 2.98. The van der Waals surface area contributed by atoms with Crippen molar-refractivity contribution in [3.05, 3.63) is 71.3 Å². The highest BCUT2D eigenvalue weighted by Crippen LogP contribution is 2.40. The van der Waals surface area contributed by atoms with E-state index in [1.54, 1.807) is 11.8 Å². The average molecular weight is 390 g/mol. The van der Waals surface area contributed by atoms with Gasteiger partial charge in [-0.3, -0.25) is 14.8 Å². The van der Waals surface area contributed by atoms with E-state index in [4.69, 9.17) is 0 Å². The maximum Gasteiger partial charge on any atom is 0.416 e. The zero-order valence-corrected chi connectivity index (χ0v) is 14.6. The zero-order chi connectivity index (χ0) is 20.1. The summed E-state index contributed by atoms with van der Waals surface area (Å²) in [6.45, 7) is 1.74. The second kappa shape index (κ2) is 6.36. The highest BCUT2D eigenvalue weighted by atomic mass is 19.4. The fraction of sp³-hybridized carbons (Fsp3) is 0.158. The zero-order valence-electron chi connectivity index (χ0n) is 14.6. The monoisotopic (exact) mass is 390 g/mol. The van der Waals surface area contributed by atoms with Gasteiger partial charge >= 0.3 is 6.18 Å². The van der Waals surface area contributed by atoms with E-state index >= 15 is 0 Å². The SMILES string of the molecule is Cc1cc(F)ccc1N1CN(c2cn[nH]c2)C(=O)c2cc(C(F)(F)F)ccc21. The molecular formula is C19H14F4N4O. The number of nitrogens with zero attached hydrogens (tertiary/aromatic N) is 3. The number of amides is 1. The maximum atomic E-state index is 13.5. The summed E-state index contributed by atoms with van der Waals surface area (Å²) >= 11 is 0. The number of anilines is 3. The number of alkyl halides is 3. The molecule has 0 saturated carbocycles. The minimum absolute atomic E-state index is 0.0448. The molecule has 1 aromatic heterocycles. The lowest BCUT2D eigenvalue weighted by Gasteiger charge is -2.38. The number of nitrogens with one attached hydrogen (secondary N) is 1. The van der Waals surface area contributed by atoms with Crippen LogP contribution in [0.25, 0.3) is 0 Å². The molecule has 0 spiro atoms. The van der Waals surface area contributed by atoms with Gasteiger partial charge in [-0.2, -0.15) is 18.3 Å². The standard InChI is InChI=1S/C19H14F4N4O/c1-11-6-13(20)3-5-16(11)27-10-26(14-8-24-25-9-14)18(28)15-7-12(19(21,22)23)2-4-17(15)27/h2-9H,10H2,1H3,(H,24,25). The Morgan fingerprint density at radius 1 is 1.07 bits per heavy atom. The van der Waals surface area contributed by atoms with Crippen molar-refractivity contribution < 1.29 is 22.4 Å². The largest absolute Gasteiger partial charge is 0.416 e. The van der Waals surface area contributed by atoms with Gasteiger partial charge in [-0.1, -0.05) is 0 Å². The topological polar surface area (TPSA) is 52.2 Å². The molecule has 1 aliphatic rings. The first-order chi connectivity index (χ1) is 13.3. The lowest BCUT2D eigenvalue weighted by Crippen LogP contribution is -2.45. The van der Waals surface area contributed by atoms with Crippen molar-refractivity contribution in [1.29, 1.82) is 0 Å². The van der Waals surface area contributed by atoms with Crippen molar-refractivity contribution in [2.75, 3.05) is 16.5 Å². The number of aromatic amines is 1. The van der Waals surface area contributed by atoms with Crippen LogP contribution in [0.4, 0.5) is 34.6 Å². The molecule has 4 rings (SSSR count). The van der Waals surface area contributed by atoms with E-state index in [1.807, 2.05) is 0 Å². The van der Waals surface area contributed by atoms with E-state index in [2.05, 4.69) is 10.2 Å². The predicted molar refractivity (Wildman–Crippen MR) is 95.0 cm³/mol. The summed E-state index contributed by atoms with van der Waals surface area (Å²) in [7, 11) is 0. The number of fused-ring (bicyclic) bond motifs is 1. The Hall–Kier alpha value is -3.36. The quantitative estimate of drug-likeness (QED) is 0.649. The molecule has 3 aromatic rings. The van der Waals surface area contributed by atoms with Crippen LogP contribution in [0.1, 0.15) is 21.5 Å². The normalized spacial score (nSPS) is 14.4. The number of hydrogen-bond donors (Lipinski definition) is 1. The van der Waals surface area contributed by atoms with Crippen LogP contribution in [-0.2, 0) is 6.18 Å². The fourth-order valence-electron chi connectivity index (χ4n) is 3.26. The van der Waals surface area contributed by atoms with Gasteiger partial charge in [0, 0.05) is 11.9 Å². The Morgan fingerprint density at radius 2 is 1.82 bits per heavy atom. The first-order valence-electron chi connectivity index (χ1n) is 8.31. The van der Waals surface area contributed by atoms with Crippen LogP contribution in [0.2, 0.25) is 0 Å². The Balaban J connectivity index is 1.90. The first-order valence-corrected chi connectivity index (χ1v) is 8.31. The van der Waals surface area contributed by atoms with Gasteiger partial charge in [0.1, 0.15) is 12.5 Å². The van der Waals surface area contributed by atoms with Gasteiger partial charge < -0.3 is 4.90 Å². The first kappa shape index (κ1) is 18.0. The van der Waals surface area contributed by atoms with E-state index in [0.29, 0.717) is 22.6 Å². The van der Waals surface area contributed by atoms with E-state index in [-0.39, 0.29) is 12.2 Å². The molecular weight excluding hydrogens is 376 g/mol. The van der Waals surface area contributed by atoms with Crippen LogP contribution in [0.3, 0.4) is 0 Å². The minimum atomic E-state index is -4.58. The molecule has 9 heteroatoms. The second-order valence-corrected chi connectivity index (χ2v) is 6.42. The van der Waals surface area contributed by atoms with Crippen LogP contribution in [0.15, 0.2) is 48.8 Å². The molecule has 0 unspecified atom stereocenters. The van der Waals surface area contributed by atoms with Gasteiger partial charge in [0.2, 0.25) is 0 Å². The number of carbonyl (C=O) groups is 1. The van der Waals surface area contributed by atoms with Gasteiger partial charge in [-0.05, 0) is 48.9 Å². The number of halogens is 4. The van der Waals surface area contributed by atoms with Gasteiger partial charge in [0.05, 0.1) is 28.7 Å². The third-order valence-electron chi connectivity index (χ3n) is 4.62. The summed E-state index contributed by atoms with van der Waals surface area (Å²) in [4.78, 5) is 15.9. The van der Waals surface area contributed by atoms with Gasteiger partial charge in [0.25, 0.3) is 5.91 Å². The molecule has 2 heterocycles. The summed E-state index contributed by atoms with van der Waals surface area (Å²) in [6, 6.07) is 7.19.